The normalized spacial score (nSPS) is 16.8. The largest absolute Gasteiger partial charge is 0.456 e. The highest BCUT2D eigenvalue weighted by Gasteiger charge is 2.41. The Morgan fingerprint density at radius 1 is 1.08 bits per heavy atom. The Morgan fingerprint density at radius 2 is 1.74 bits per heavy atom. The van der Waals surface area contributed by atoms with Crippen LogP contribution in [0.25, 0.3) is 0 Å². The lowest BCUT2D eigenvalue weighted by Crippen LogP contribution is -2.43. The van der Waals surface area contributed by atoms with Gasteiger partial charge in [0, 0.05) is 11.3 Å². The zero-order chi connectivity index (χ0) is 28.9. The highest BCUT2D eigenvalue weighted by Crippen LogP contribution is 2.40. The van der Waals surface area contributed by atoms with Crippen LogP contribution < -0.4 is 5.32 Å². The molecule has 1 atom stereocenters. The van der Waals surface area contributed by atoms with E-state index in [0.717, 1.165) is 16.2 Å². The summed E-state index contributed by atoms with van der Waals surface area (Å²) < 4.78 is 16.5. The van der Waals surface area contributed by atoms with Gasteiger partial charge in [-0.1, -0.05) is 23.7 Å². The second-order valence-corrected chi connectivity index (χ2v) is 12.7. The standard InChI is InChI=1S/C27H29ClN2O8S/c1-26(2,3)37-24(34)19-14-10-16(22(32)30-11-13-8-7-9-15(28)18(13)23(30)33)36-12-17(14)39-21(19)29-20(31)25(35)38-27(4,5)6/h7-9,16H,10-12H2,1-6H3,(H,29,31). The van der Waals surface area contributed by atoms with Crippen LogP contribution in [0.2, 0.25) is 5.02 Å². The molecule has 0 saturated carbocycles. The molecular weight excluding hydrogens is 548 g/mol. The molecule has 0 fully saturated rings. The fourth-order valence-corrected chi connectivity index (χ4v) is 5.61. The summed E-state index contributed by atoms with van der Waals surface area (Å²) in [5.74, 6) is -3.99. The van der Waals surface area contributed by atoms with Gasteiger partial charge in [0.25, 0.3) is 11.8 Å². The Morgan fingerprint density at radius 3 is 2.36 bits per heavy atom. The second kappa shape index (κ2) is 10.4. The number of anilines is 1. The summed E-state index contributed by atoms with van der Waals surface area (Å²) in [7, 11) is 0. The van der Waals surface area contributed by atoms with Crippen molar-refractivity contribution >= 4 is 57.6 Å². The number of carbonyl (C=O) groups is 5. The number of fused-ring (bicyclic) bond motifs is 2. The average molecular weight is 577 g/mol. The van der Waals surface area contributed by atoms with Gasteiger partial charge in [-0.3, -0.25) is 19.3 Å². The van der Waals surface area contributed by atoms with E-state index in [-0.39, 0.29) is 40.7 Å². The number of hydrogen-bond donors (Lipinski definition) is 1. The molecule has 0 bridgehead atoms. The Labute approximate surface area is 234 Å². The van der Waals surface area contributed by atoms with E-state index < -0.39 is 47.0 Å². The topological polar surface area (TPSA) is 128 Å². The van der Waals surface area contributed by atoms with Gasteiger partial charge in [0.2, 0.25) is 0 Å². The number of nitrogens with one attached hydrogen (secondary N) is 1. The zero-order valence-electron chi connectivity index (χ0n) is 22.4. The van der Waals surface area contributed by atoms with Gasteiger partial charge in [-0.05, 0) is 58.7 Å². The van der Waals surface area contributed by atoms with Crippen LogP contribution in [0, 0.1) is 0 Å². The Hall–Kier alpha value is -3.28. The average Bonchev–Trinajstić information content (AvgIpc) is 3.33. The maximum atomic E-state index is 13.4. The lowest BCUT2D eigenvalue weighted by molar-refractivity contribution is -0.161. The van der Waals surface area contributed by atoms with Crippen LogP contribution in [0.5, 0.6) is 0 Å². The monoisotopic (exact) mass is 576 g/mol. The molecule has 1 aromatic carbocycles. The number of hydrogen-bond acceptors (Lipinski definition) is 9. The van der Waals surface area contributed by atoms with Crippen molar-refractivity contribution in [3.8, 4) is 0 Å². The third-order valence-corrected chi connectivity index (χ3v) is 7.17. The third kappa shape index (κ3) is 6.15. The molecule has 39 heavy (non-hydrogen) atoms. The number of esters is 2. The molecule has 2 aliphatic rings. The van der Waals surface area contributed by atoms with Gasteiger partial charge < -0.3 is 19.5 Å². The molecule has 2 aromatic rings. The van der Waals surface area contributed by atoms with Gasteiger partial charge in [0.1, 0.15) is 22.3 Å². The summed E-state index contributed by atoms with van der Waals surface area (Å²) in [5.41, 5.74) is -0.362. The molecule has 1 aromatic heterocycles. The Bertz CT molecular complexity index is 1390. The number of nitrogens with zero attached hydrogens (tertiary/aromatic N) is 1. The number of amides is 3. The van der Waals surface area contributed by atoms with Gasteiger partial charge in [0.05, 0.1) is 29.3 Å². The predicted octanol–water partition coefficient (Wildman–Crippen LogP) is 4.26. The van der Waals surface area contributed by atoms with Crippen LogP contribution in [-0.2, 0) is 48.2 Å². The predicted molar refractivity (Wildman–Crippen MR) is 143 cm³/mol. The molecule has 3 heterocycles. The molecule has 1 unspecified atom stereocenters. The number of thiophene rings is 1. The fourth-order valence-electron chi connectivity index (χ4n) is 4.20. The first kappa shape index (κ1) is 28.7. The minimum absolute atomic E-state index is 0.0296. The SMILES string of the molecule is CC(C)(C)OC(=O)C(=O)Nc1sc2c(c1C(=O)OC(C)(C)C)CC(C(=O)N1Cc3cccc(Cl)c3C1=O)OC2. The van der Waals surface area contributed by atoms with Crippen molar-refractivity contribution in [1.29, 1.82) is 0 Å². The van der Waals surface area contributed by atoms with Gasteiger partial charge in [0.15, 0.2) is 0 Å². The van der Waals surface area contributed by atoms with E-state index in [0.29, 0.717) is 16.0 Å². The van der Waals surface area contributed by atoms with Gasteiger partial charge >= 0.3 is 17.8 Å². The molecule has 3 amide bonds. The van der Waals surface area contributed by atoms with E-state index in [9.17, 15) is 24.0 Å². The maximum absolute atomic E-state index is 13.4. The molecule has 10 nitrogen and oxygen atoms in total. The van der Waals surface area contributed by atoms with Crippen LogP contribution in [0.15, 0.2) is 18.2 Å². The first-order valence-corrected chi connectivity index (χ1v) is 13.4. The number of benzene rings is 1. The van der Waals surface area contributed by atoms with E-state index in [4.69, 9.17) is 25.8 Å². The van der Waals surface area contributed by atoms with Crippen molar-refractivity contribution in [3.05, 3.63) is 50.4 Å². The molecule has 0 aliphatic carbocycles. The first-order valence-electron chi connectivity index (χ1n) is 12.2. The van der Waals surface area contributed by atoms with Gasteiger partial charge in [-0.25, -0.2) is 9.59 Å². The van der Waals surface area contributed by atoms with Crippen molar-refractivity contribution < 1.29 is 38.2 Å². The van der Waals surface area contributed by atoms with Crippen LogP contribution in [-0.4, -0.2) is 51.9 Å². The second-order valence-electron chi connectivity index (χ2n) is 11.2. The van der Waals surface area contributed by atoms with E-state index in [1.807, 2.05) is 0 Å². The molecule has 2 aliphatic heterocycles. The minimum atomic E-state index is -1.11. The van der Waals surface area contributed by atoms with Crippen molar-refractivity contribution in [2.45, 2.75) is 78.4 Å². The molecule has 208 valence electrons. The molecule has 1 N–H and O–H groups in total. The van der Waals surface area contributed by atoms with Crippen LogP contribution in [0.4, 0.5) is 5.00 Å². The zero-order valence-corrected chi connectivity index (χ0v) is 24.0. The van der Waals surface area contributed by atoms with Crippen molar-refractivity contribution in [3.63, 3.8) is 0 Å². The van der Waals surface area contributed by atoms with E-state index in [1.165, 1.54) is 0 Å². The fraction of sp³-hybridized carbons (Fsp3) is 0.444. The summed E-state index contributed by atoms with van der Waals surface area (Å²) in [5, 5.41) is 2.81. The minimum Gasteiger partial charge on any atom is -0.456 e. The third-order valence-electron chi connectivity index (χ3n) is 5.74. The lowest BCUT2D eigenvalue weighted by atomic mass is 9.99. The Balaban J connectivity index is 1.62. The smallest absolute Gasteiger partial charge is 0.397 e. The quantitative estimate of drug-likeness (QED) is 0.326. The van der Waals surface area contributed by atoms with Crippen LogP contribution >= 0.6 is 22.9 Å². The summed E-state index contributed by atoms with van der Waals surface area (Å²) in [6.07, 6.45) is -1.12. The number of carbonyl (C=O) groups excluding carboxylic acids is 5. The molecule has 4 rings (SSSR count). The molecule has 0 saturated heterocycles. The molecular formula is C27H29ClN2O8S. The van der Waals surface area contributed by atoms with Crippen LogP contribution in [0.3, 0.4) is 0 Å². The van der Waals surface area contributed by atoms with Gasteiger partial charge in [-0.15, -0.1) is 11.3 Å². The molecule has 12 heteroatoms. The summed E-state index contributed by atoms with van der Waals surface area (Å²) in [6.45, 7) is 9.96. The van der Waals surface area contributed by atoms with Gasteiger partial charge in [-0.2, -0.15) is 0 Å². The molecule has 0 radical (unpaired) electrons. The van der Waals surface area contributed by atoms with Crippen molar-refractivity contribution in [1.82, 2.24) is 4.90 Å². The summed E-state index contributed by atoms with van der Waals surface area (Å²) in [6, 6.07) is 5.02. The number of imide groups is 1. The number of ether oxygens (including phenoxy) is 3. The summed E-state index contributed by atoms with van der Waals surface area (Å²) in [4.78, 5) is 66.2. The van der Waals surface area contributed by atoms with Crippen molar-refractivity contribution in [2.24, 2.45) is 0 Å². The maximum Gasteiger partial charge on any atom is 0.397 e. The lowest BCUT2D eigenvalue weighted by Gasteiger charge is -2.26. The van der Waals surface area contributed by atoms with Crippen LogP contribution in [0.1, 0.15) is 78.3 Å². The van der Waals surface area contributed by atoms with E-state index in [2.05, 4.69) is 5.32 Å². The highest BCUT2D eigenvalue weighted by molar-refractivity contribution is 7.17. The molecule has 0 spiro atoms. The number of halogens is 1. The highest BCUT2D eigenvalue weighted by atomic mass is 35.5. The van der Waals surface area contributed by atoms with E-state index in [1.54, 1.807) is 59.7 Å². The van der Waals surface area contributed by atoms with E-state index >= 15 is 0 Å². The summed E-state index contributed by atoms with van der Waals surface area (Å²) >= 11 is 7.23. The number of rotatable bonds is 3. The van der Waals surface area contributed by atoms with Crippen molar-refractivity contribution in [2.75, 3.05) is 5.32 Å². The first-order chi connectivity index (χ1) is 18.1. The Kier molecular flexibility index (Phi) is 7.63.